The third kappa shape index (κ3) is 3.74. The summed E-state index contributed by atoms with van der Waals surface area (Å²) in [5.41, 5.74) is 0. The van der Waals surface area contributed by atoms with Crippen LogP contribution in [0.4, 0.5) is 0 Å². The zero-order valence-electron chi connectivity index (χ0n) is 11.2. The molecule has 0 saturated heterocycles. The summed E-state index contributed by atoms with van der Waals surface area (Å²) >= 11 is 0. The van der Waals surface area contributed by atoms with Gasteiger partial charge in [-0.1, -0.05) is 13.8 Å². The molecule has 94 valence electrons. The van der Waals surface area contributed by atoms with Crippen molar-refractivity contribution >= 4 is 0 Å². The summed E-state index contributed by atoms with van der Waals surface area (Å²) < 4.78 is 0. The summed E-state index contributed by atoms with van der Waals surface area (Å²) in [5.74, 6) is 2.96. The van der Waals surface area contributed by atoms with Crippen LogP contribution in [0.25, 0.3) is 0 Å². The van der Waals surface area contributed by atoms with Crippen LogP contribution in [0.1, 0.15) is 39.5 Å². The quantitative estimate of drug-likeness (QED) is 0.681. The van der Waals surface area contributed by atoms with E-state index < -0.39 is 0 Å². The summed E-state index contributed by atoms with van der Waals surface area (Å²) in [4.78, 5) is 2.56. The van der Waals surface area contributed by atoms with E-state index in [1.54, 1.807) is 0 Å². The zero-order chi connectivity index (χ0) is 11.5. The largest absolute Gasteiger partial charge is 0.312 e. The Labute approximate surface area is 101 Å². The Morgan fingerprint density at radius 3 is 2.56 bits per heavy atom. The second-order valence-electron chi connectivity index (χ2n) is 6.09. The lowest BCUT2D eigenvalue weighted by molar-refractivity contribution is 0.262. The number of hydrogen-bond acceptors (Lipinski definition) is 2. The molecule has 2 heteroatoms. The standard InChI is InChI=1S/C14H28N2/c1-4-7-15-14(12-5-6-12)10-16(3)9-13-8-11(13)2/h11-15H,4-10H2,1-3H3. The highest BCUT2D eigenvalue weighted by molar-refractivity contribution is 4.90. The van der Waals surface area contributed by atoms with Gasteiger partial charge in [0, 0.05) is 19.1 Å². The molecule has 2 aliphatic carbocycles. The highest BCUT2D eigenvalue weighted by atomic mass is 15.1. The van der Waals surface area contributed by atoms with E-state index in [2.05, 4.69) is 31.1 Å². The molecule has 0 heterocycles. The lowest BCUT2D eigenvalue weighted by atomic mass is 10.1. The van der Waals surface area contributed by atoms with E-state index in [-0.39, 0.29) is 0 Å². The molecule has 2 saturated carbocycles. The van der Waals surface area contributed by atoms with Crippen LogP contribution in [0, 0.1) is 17.8 Å². The summed E-state index contributed by atoms with van der Waals surface area (Å²) in [6.45, 7) is 8.40. The molecular weight excluding hydrogens is 196 g/mol. The van der Waals surface area contributed by atoms with Gasteiger partial charge in [0.25, 0.3) is 0 Å². The molecule has 2 aliphatic rings. The van der Waals surface area contributed by atoms with Gasteiger partial charge in [-0.05, 0) is 57.0 Å². The molecule has 1 N–H and O–H groups in total. The number of hydrogen-bond donors (Lipinski definition) is 1. The van der Waals surface area contributed by atoms with Gasteiger partial charge in [-0.3, -0.25) is 0 Å². The number of rotatable bonds is 8. The van der Waals surface area contributed by atoms with Gasteiger partial charge < -0.3 is 10.2 Å². The van der Waals surface area contributed by atoms with E-state index in [1.165, 1.54) is 45.3 Å². The second-order valence-corrected chi connectivity index (χ2v) is 6.09. The van der Waals surface area contributed by atoms with Gasteiger partial charge in [0.05, 0.1) is 0 Å². The van der Waals surface area contributed by atoms with Crippen molar-refractivity contribution in [2.75, 3.05) is 26.7 Å². The first-order valence-corrected chi connectivity index (χ1v) is 7.12. The maximum absolute atomic E-state index is 3.73. The third-order valence-electron chi connectivity index (χ3n) is 4.18. The van der Waals surface area contributed by atoms with E-state index in [4.69, 9.17) is 0 Å². The van der Waals surface area contributed by atoms with Crippen molar-refractivity contribution in [1.29, 1.82) is 0 Å². The Kier molecular flexibility index (Phi) is 4.26. The maximum Gasteiger partial charge on any atom is 0.0223 e. The molecule has 0 spiro atoms. The molecular formula is C14H28N2. The number of likely N-dealkylation sites (N-methyl/N-ethyl adjacent to an activating group) is 1. The predicted molar refractivity (Wildman–Crippen MR) is 69.6 cm³/mol. The van der Waals surface area contributed by atoms with Gasteiger partial charge in [0.15, 0.2) is 0 Å². The zero-order valence-corrected chi connectivity index (χ0v) is 11.2. The first-order valence-electron chi connectivity index (χ1n) is 7.12. The van der Waals surface area contributed by atoms with Crippen molar-refractivity contribution in [3.05, 3.63) is 0 Å². The van der Waals surface area contributed by atoms with Gasteiger partial charge in [-0.2, -0.15) is 0 Å². The van der Waals surface area contributed by atoms with Crippen molar-refractivity contribution in [2.45, 2.75) is 45.6 Å². The van der Waals surface area contributed by atoms with Gasteiger partial charge in [0.1, 0.15) is 0 Å². The molecule has 16 heavy (non-hydrogen) atoms. The third-order valence-corrected chi connectivity index (χ3v) is 4.18. The lowest BCUT2D eigenvalue weighted by Gasteiger charge is -2.25. The van der Waals surface area contributed by atoms with Crippen LogP contribution in [0.3, 0.4) is 0 Å². The van der Waals surface area contributed by atoms with E-state index in [9.17, 15) is 0 Å². The van der Waals surface area contributed by atoms with Crippen molar-refractivity contribution in [2.24, 2.45) is 17.8 Å². The van der Waals surface area contributed by atoms with Crippen molar-refractivity contribution in [3.63, 3.8) is 0 Å². The van der Waals surface area contributed by atoms with Gasteiger partial charge in [-0.25, -0.2) is 0 Å². The highest BCUT2D eigenvalue weighted by Gasteiger charge is 2.35. The molecule has 0 amide bonds. The molecule has 3 unspecified atom stereocenters. The molecule has 0 aromatic rings. The fourth-order valence-electron chi connectivity index (χ4n) is 2.67. The van der Waals surface area contributed by atoms with E-state index in [0.717, 1.165) is 23.8 Å². The Morgan fingerprint density at radius 2 is 2.06 bits per heavy atom. The molecule has 0 bridgehead atoms. The monoisotopic (exact) mass is 224 g/mol. The van der Waals surface area contributed by atoms with Gasteiger partial charge in [-0.15, -0.1) is 0 Å². The molecule has 2 nitrogen and oxygen atoms in total. The predicted octanol–water partition coefficient (Wildman–Crippen LogP) is 2.35. The summed E-state index contributed by atoms with van der Waals surface area (Å²) in [5, 5.41) is 3.73. The Balaban J connectivity index is 1.67. The van der Waals surface area contributed by atoms with Crippen LogP contribution in [-0.2, 0) is 0 Å². The number of nitrogens with one attached hydrogen (secondary N) is 1. The Hall–Kier alpha value is -0.0800. The van der Waals surface area contributed by atoms with Crippen LogP contribution in [0.2, 0.25) is 0 Å². The van der Waals surface area contributed by atoms with E-state index in [1.807, 2.05) is 0 Å². The van der Waals surface area contributed by atoms with E-state index >= 15 is 0 Å². The molecule has 0 aliphatic heterocycles. The highest BCUT2D eigenvalue weighted by Crippen LogP contribution is 2.38. The van der Waals surface area contributed by atoms with Crippen LogP contribution in [0.15, 0.2) is 0 Å². The van der Waals surface area contributed by atoms with Crippen LogP contribution in [-0.4, -0.2) is 37.6 Å². The second kappa shape index (κ2) is 5.50. The summed E-state index contributed by atoms with van der Waals surface area (Å²) in [7, 11) is 2.30. The lowest BCUT2D eigenvalue weighted by Crippen LogP contribution is -2.42. The summed E-state index contributed by atoms with van der Waals surface area (Å²) in [6, 6.07) is 0.763. The molecule has 2 rings (SSSR count). The minimum atomic E-state index is 0.763. The summed E-state index contributed by atoms with van der Waals surface area (Å²) in [6.07, 6.45) is 5.62. The average Bonchev–Trinajstić information content (AvgIpc) is 3.12. The minimum Gasteiger partial charge on any atom is -0.312 e. The first-order chi connectivity index (χ1) is 7.70. The molecule has 3 atom stereocenters. The van der Waals surface area contributed by atoms with Crippen LogP contribution < -0.4 is 5.32 Å². The smallest absolute Gasteiger partial charge is 0.0223 e. The Bertz CT molecular complexity index is 213. The molecule has 2 fully saturated rings. The molecule has 0 aromatic heterocycles. The maximum atomic E-state index is 3.73. The topological polar surface area (TPSA) is 15.3 Å². The van der Waals surface area contributed by atoms with Crippen molar-refractivity contribution in [1.82, 2.24) is 10.2 Å². The fourth-order valence-corrected chi connectivity index (χ4v) is 2.67. The SMILES string of the molecule is CCCNC(CN(C)CC1CC1C)C1CC1. The average molecular weight is 224 g/mol. The van der Waals surface area contributed by atoms with Crippen LogP contribution in [0.5, 0.6) is 0 Å². The van der Waals surface area contributed by atoms with Crippen LogP contribution >= 0.6 is 0 Å². The normalized spacial score (nSPS) is 30.8. The number of nitrogens with zero attached hydrogens (tertiary/aromatic N) is 1. The van der Waals surface area contributed by atoms with Crippen molar-refractivity contribution < 1.29 is 0 Å². The van der Waals surface area contributed by atoms with Gasteiger partial charge in [0.2, 0.25) is 0 Å². The van der Waals surface area contributed by atoms with Gasteiger partial charge >= 0.3 is 0 Å². The molecule has 0 radical (unpaired) electrons. The fraction of sp³-hybridized carbons (Fsp3) is 1.00. The van der Waals surface area contributed by atoms with E-state index in [0.29, 0.717) is 0 Å². The molecule has 0 aromatic carbocycles. The first kappa shape index (κ1) is 12.4. The Morgan fingerprint density at radius 1 is 1.38 bits per heavy atom. The minimum absolute atomic E-state index is 0.763. The van der Waals surface area contributed by atoms with Crippen molar-refractivity contribution in [3.8, 4) is 0 Å².